The van der Waals surface area contributed by atoms with Crippen LogP contribution in [0.15, 0.2) is 76.1 Å². The van der Waals surface area contributed by atoms with Crippen molar-refractivity contribution in [2.45, 2.75) is 43.9 Å². The third-order valence-corrected chi connectivity index (χ3v) is 7.05. The minimum atomic E-state index is -0.526. The SMILES string of the molecule is O[C@H]1CCCC=C1c1nc2c(-c3[c-]c(C4=N[C@H]5c6ccccc6C[C@H]5O4)ccc3)cccc2o1.[Pt]. The molecule has 35 heavy (non-hydrogen) atoms. The number of nitrogens with zero attached hydrogens (tertiary/aromatic N) is 2. The van der Waals surface area contributed by atoms with Gasteiger partial charge in [0.05, 0.1) is 11.6 Å². The van der Waals surface area contributed by atoms with E-state index >= 15 is 0 Å². The molecule has 0 amide bonds. The molecule has 2 heterocycles. The minimum absolute atomic E-state index is 0. The van der Waals surface area contributed by atoms with Crippen LogP contribution in [0, 0.1) is 6.07 Å². The molecule has 2 aliphatic carbocycles. The molecule has 0 fully saturated rings. The average molecular weight is 643 g/mol. The summed E-state index contributed by atoms with van der Waals surface area (Å²) >= 11 is 0. The van der Waals surface area contributed by atoms with Gasteiger partial charge in [-0.25, -0.2) is 4.98 Å². The van der Waals surface area contributed by atoms with E-state index in [0.29, 0.717) is 17.4 Å². The Kier molecular flexibility index (Phi) is 5.70. The van der Waals surface area contributed by atoms with Gasteiger partial charge in [-0.15, -0.1) is 29.8 Å². The van der Waals surface area contributed by atoms with E-state index in [1.165, 1.54) is 11.1 Å². The van der Waals surface area contributed by atoms with Gasteiger partial charge in [-0.3, -0.25) is 4.99 Å². The van der Waals surface area contributed by atoms with Crippen molar-refractivity contribution in [2.75, 3.05) is 0 Å². The Balaban J connectivity index is 0.00000229. The zero-order valence-electron chi connectivity index (χ0n) is 18.9. The van der Waals surface area contributed by atoms with Crippen molar-refractivity contribution < 1.29 is 35.3 Å². The zero-order valence-corrected chi connectivity index (χ0v) is 21.2. The summed E-state index contributed by atoms with van der Waals surface area (Å²) in [6.45, 7) is 0. The van der Waals surface area contributed by atoms with Gasteiger partial charge in [0, 0.05) is 33.1 Å². The largest absolute Gasteiger partial charge is 0.505 e. The number of hydrogen-bond acceptors (Lipinski definition) is 5. The van der Waals surface area contributed by atoms with E-state index < -0.39 is 6.10 Å². The molecular formula is C29H23N2O3Pt-. The molecule has 4 aromatic rings. The van der Waals surface area contributed by atoms with Crippen LogP contribution >= 0.6 is 0 Å². The van der Waals surface area contributed by atoms with E-state index in [-0.39, 0.29) is 33.2 Å². The summed E-state index contributed by atoms with van der Waals surface area (Å²) in [5, 5.41) is 10.4. The molecule has 7 rings (SSSR count). The molecule has 0 spiro atoms. The van der Waals surface area contributed by atoms with E-state index in [9.17, 15) is 5.11 Å². The van der Waals surface area contributed by atoms with Gasteiger partial charge < -0.3 is 14.3 Å². The van der Waals surface area contributed by atoms with Crippen LogP contribution in [0.1, 0.15) is 47.9 Å². The first-order valence-corrected chi connectivity index (χ1v) is 11.9. The van der Waals surface area contributed by atoms with Crippen molar-refractivity contribution in [3.05, 3.63) is 95.4 Å². The predicted molar refractivity (Wildman–Crippen MR) is 130 cm³/mol. The molecule has 1 aliphatic heterocycles. The number of aliphatic hydroxyl groups is 1. The van der Waals surface area contributed by atoms with E-state index in [2.05, 4.69) is 30.3 Å². The topological polar surface area (TPSA) is 67.9 Å². The smallest absolute Gasteiger partial charge is 0.224 e. The van der Waals surface area contributed by atoms with E-state index in [4.69, 9.17) is 19.1 Å². The Labute approximate surface area is 217 Å². The number of ether oxygens (including phenoxy) is 1. The Morgan fingerprint density at radius 1 is 0.971 bits per heavy atom. The normalized spacial score (nSPS) is 22.6. The van der Waals surface area contributed by atoms with Crippen LogP contribution in [-0.2, 0) is 32.2 Å². The molecular weight excluding hydrogens is 619 g/mol. The third-order valence-electron chi connectivity index (χ3n) is 7.05. The summed E-state index contributed by atoms with van der Waals surface area (Å²) in [7, 11) is 0. The standard InChI is InChI=1S/C29H23N2O3.Pt/c32-23-13-4-3-11-22(23)29-31-26-21(12-6-14-24(26)33-29)17-8-5-9-19(15-17)28-30-27-20-10-2-1-7-18(20)16-25(27)34-28;/h1-2,5-12,14,23,25,27,32H,3-4,13,16H2;/q-1;/t23-,25+,27-;/m0./s1. The summed E-state index contributed by atoms with van der Waals surface area (Å²) in [6, 6.07) is 23.9. The molecule has 3 atom stereocenters. The Hall–Kier alpha value is -3.01. The van der Waals surface area contributed by atoms with Crippen molar-refractivity contribution >= 4 is 22.6 Å². The second-order valence-corrected chi connectivity index (χ2v) is 9.19. The van der Waals surface area contributed by atoms with Gasteiger partial charge in [-0.1, -0.05) is 53.6 Å². The van der Waals surface area contributed by atoms with Crippen LogP contribution in [0.4, 0.5) is 0 Å². The van der Waals surface area contributed by atoms with Gasteiger partial charge in [0.2, 0.25) is 5.89 Å². The fourth-order valence-corrected chi connectivity index (χ4v) is 5.36. The minimum Gasteiger partial charge on any atom is -0.505 e. The second-order valence-electron chi connectivity index (χ2n) is 9.19. The molecule has 3 aromatic carbocycles. The number of hydrogen-bond donors (Lipinski definition) is 1. The first-order chi connectivity index (χ1) is 16.7. The molecule has 0 saturated heterocycles. The number of aromatic nitrogens is 1. The van der Waals surface area contributed by atoms with Crippen LogP contribution in [0.25, 0.3) is 27.8 Å². The Morgan fingerprint density at radius 3 is 2.74 bits per heavy atom. The number of oxazole rings is 1. The molecule has 1 N–H and O–H groups in total. The van der Waals surface area contributed by atoms with Crippen molar-refractivity contribution in [3.8, 4) is 11.1 Å². The van der Waals surface area contributed by atoms with Crippen LogP contribution < -0.4 is 0 Å². The molecule has 6 heteroatoms. The number of fused-ring (bicyclic) bond motifs is 4. The number of aliphatic imine (C=N–C) groups is 1. The van der Waals surface area contributed by atoms with E-state index in [0.717, 1.165) is 53.5 Å². The second kappa shape index (κ2) is 8.89. The predicted octanol–water partition coefficient (Wildman–Crippen LogP) is 5.66. The fourth-order valence-electron chi connectivity index (χ4n) is 5.36. The van der Waals surface area contributed by atoms with Gasteiger partial charge in [-0.2, -0.15) is 0 Å². The molecule has 0 bridgehead atoms. The molecule has 0 unspecified atom stereocenters. The monoisotopic (exact) mass is 642 g/mol. The zero-order chi connectivity index (χ0) is 22.6. The maximum absolute atomic E-state index is 10.4. The first-order valence-electron chi connectivity index (χ1n) is 11.9. The van der Waals surface area contributed by atoms with Gasteiger partial charge in [0.15, 0.2) is 0 Å². The molecule has 178 valence electrons. The summed E-state index contributed by atoms with van der Waals surface area (Å²) in [6.07, 6.45) is 5.11. The summed E-state index contributed by atoms with van der Waals surface area (Å²) < 4.78 is 12.3. The Morgan fingerprint density at radius 2 is 1.83 bits per heavy atom. The summed E-state index contributed by atoms with van der Waals surface area (Å²) in [5.41, 5.74) is 7.52. The van der Waals surface area contributed by atoms with Crippen LogP contribution in [0.5, 0.6) is 0 Å². The van der Waals surface area contributed by atoms with Crippen molar-refractivity contribution in [2.24, 2.45) is 4.99 Å². The van der Waals surface area contributed by atoms with Gasteiger partial charge >= 0.3 is 0 Å². The molecule has 0 saturated carbocycles. The number of aliphatic hydroxyl groups excluding tert-OH is 1. The van der Waals surface area contributed by atoms with Crippen LogP contribution in [0.3, 0.4) is 0 Å². The molecule has 5 nitrogen and oxygen atoms in total. The first kappa shape index (κ1) is 22.5. The maximum atomic E-state index is 10.4. The summed E-state index contributed by atoms with van der Waals surface area (Å²) in [4.78, 5) is 9.71. The number of para-hydroxylation sites is 1. The number of allylic oxidation sites excluding steroid dienone is 1. The third kappa shape index (κ3) is 3.78. The van der Waals surface area contributed by atoms with E-state index in [1.807, 2.05) is 42.5 Å². The van der Waals surface area contributed by atoms with Crippen molar-refractivity contribution in [3.63, 3.8) is 0 Å². The Bertz CT molecular complexity index is 1490. The van der Waals surface area contributed by atoms with E-state index in [1.54, 1.807) is 0 Å². The fraction of sp³-hybridized carbons (Fsp3) is 0.241. The molecule has 0 radical (unpaired) electrons. The maximum Gasteiger partial charge on any atom is 0.224 e. The van der Waals surface area contributed by atoms with Gasteiger partial charge in [0.1, 0.15) is 23.6 Å². The quantitative estimate of drug-likeness (QED) is 0.293. The van der Waals surface area contributed by atoms with Crippen LogP contribution in [-0.4, -0.2) is 28.2 Å². The number of benzene rings is 3. The van der Waals surface area contributed by atoms with Gasteiger partial charge in [-0.05, 0) is 36.5 Å². The molecule has 3 aliphatic rings. The van der Waals surface area contributed by atoms with Crippen molar-refractivity contribution in [1.29, 1.82) is 0 Å². The average Bonchev–Trinajstić information content (AvgIpc) is 3.57. The molecule has 1 aromatic heterocycles. The van der Waals surface area contributed by atoms with Gasteiger partial charge in [0.25, 0.3) is 0 Å². The van der Waals surface area contributed by atoms with Crippen LogP contribution in [0.2, 0.25) is 0 Å². The van der Waals surface area contributed by atoms with Crippen molar-refractivity contribution in [1.82, 2.24) is 4.98 Å². The summed E-state index contributed by atoms with van der Waals surface area (Å²) in [5.74, 6) is 1.15. The number of rotatable bonds is 3.